The van der Waals surface area contributed by atoms with E-state index in [-0.39, 0.29) is 5.69 Å². The van der Waals surface area contributed by atoms with Gasteiger partial charge < -0.3 is 10.4 Å². The van der Waals surface area contributed by atoms with Gasteiger partial charge >= 0.3 is 12.1 Å². The van der Waals surface area contributed by atoms with Crippen LogP contribution in [0.15, 0.2) is 30.5 Å². The lowest BCUT2D eigenvalue weighted by Crippen LogP contribution is -2.43. The van der Waals surface area contributed by atoms with Gasteiger partial charge in [-0.3, -0.25) is 4.79 Å². The Labute approximate surface area is 134 Å². The van der Waals surface area contributed by atoms with Crippen LogP contribution in [-0.2, 0) is 4.79 Å². The maximum absolute atomic E-state index is 12.3. The number of carbonyl (C=O) groups is 2. The Morgan fingerprint density at radius 2 is 1.92 bits per heavy atom. The van der Waals surface area contributed by atoms with Gasteiger partial charge in [0, 0.05) is 0 Å². The molecule has 1 atom stereocenters. The fraction of sp³-hybridized carbons (Fsp3) is 0.286. The van der Waals surface area contributed by atoms with Gasteiger partial charge in [0.25, 0.3) is 5.91 Å². The van der Waals surface area contributed by atoms with Gasteiger partial charge in [-0.2, -0.15) is 13.2 Å². The molecule has 7 nitrogen and oxygen atoms in total. The minimum absolute atomic E-state index is 0.288. The van der Waals surface area contributed by atoms with Crippen LogP contribution in [-0.4, -0.2) is 44.2 Å². The molecule has 128 valence electrons. The van der Waals surface area contributed by atoms with Crippen LogP contribution in [0.1, 0.15) is 22.5 Å². The maximum atomic E-state index is 12.3. The molecule has 0 aliphatic heterocycles. The number of nitrogens with zero attached hydrogens (tertiary/aromatic N) is 3. The summed E-state index contributed by atoms with van der Waals surface area (Å²) >= 11 is 0. The first-order valence-corrected chi connectivity index (χ1v) is 6.75. The topological polar surface area (TPSA) is 97.1 Å². The summed E-state index contributed by atoms with van der Waals surface area (Å²) in [7, 11) is 0. The van der Waals surface area contributed by atoms with Gasteiger partial charge in [0.2, 0.25) is 0 Å². The fourth-order valence-corrected chi connectivity index (χ4v) is 1.86. The summed E-state index contributed by atoms with van der Waals surface area (Å²) < 4.78 is 38.2. The van der Waals surface area contributed by atoms with Crippen LogP contribution in [0, 0.1) is 6.92 Å². The summed E-state index contributed by atoms with van der Waals surface area (Å²) in [5, 5.41) is 17.8. The number of aromatic nitrogens is 3. The van der Waals surface area contributed by atoms with Crippen molar-refractivity contribution in [1.82, 2.24) is 20.3 Å². The van der Waals surface area contributed by atoms with Crippen LogP contribution in [0.2, 0.25) is 0 Å². The minimum atomic E-state index is -4.73. The molecule has 0 spiro atoms. The summed E-state index contributed by atoms with van der Waals surface area (Å²) in [5.74, 6) is -2.84. The third kappa shape index (κ3) is 4.54. The molecule has 24 heavy (non-hydrogen) atoms. The quantitative estimate of drug-likeness (QED) is 0.862. The maximum Gasteiger partial charge on any atom is 0.391 e. The Morgan fingerprint density at radius 3 is 2.46 bits per heavy atom. The highest BCUT2D eigenvalue weighted by atomic mass is 19.4. The van der Waals surface area contributed by atoms with Gasteiger partial charge in [-0.15, -0.1) is 5.10 Å². The molecule has 1 amide bonds. The summed E-state index contributed by atoms with van der Waals surface area (Å²) in [6, 6.07) is 4.95. The average Bonchev–Trinajstić information content (AvgIpc) is 2.95. The molecule has 2 rings (SSSR count). The molecule has 0 aliphatic rings. The second kappa shape index (κ2) is 6.69. The van der Waals surface area contributed by atoms with Crippen molar-refractivity contribution in [2.24, 2.45) is 0 Å². The van der Waals surface area contributed by atoms with Gasteiger partial charge in [-0.05, 0) is 19.1 Å². The van der Waals surface area contributed by atoms with E-state index in [4.69, 9.17) is 5.11 Å². The molecule has 0 saturated heterocycles. The molecule has 1 unspecified atom stereocenters. The molecule has 2 N–H and O–H groups in total. The largest absolute Gasteiger partial charge is 0.480 e. The van der Waals surface area contributed by atoms with Crippen molar-refractivity contribution >= 4 is 11.9 Å². The number of carbonyl (C=O) groups excluding carboxylic acids is 1. The minimum Gasteiger partial charge on any atom is -0.480 e. The molecule has 10 heteroatoms. The van der Waals surface area contributed by atoms with Gasteiger partial charge in [-0.1, -0.05) is 22.9 Å². The second-order valence-electron chi connectivity index (χ2n) is 5.07. The molecular weight excluding hydrogens is 329 g/mol. The molecule has 0 saturated carbocycles. The number of hydrogen-bond acceptors (Lipinski definition) is 4. The first-order chi connectivity index (χ1) is 11.2. The Bertz CT molecular complexity index is 740. The van der Waals surface area contributed by atoms with Gasteiger partial charge in [0.05, 0.1) is 18.3 Å². The van der Waals surface area contributed by atoms with E-state index in [0.29, 0.717) is 5.69 Å². The summed E-state index contributed by atoms with van der Waals surface area (Å²) in [6.45, 7) is 1.89. The number of amides is 1. The van der Waals surface area contributed by atoms with Crippen molar-refractivity contribution in [1.29, 1.82) is 0 Å². The van der Waals surface area contributed by atoms with E-state index >= 15 is 0 Å². The predicted octanol–water partition coefficient (Wildman–Crippen LogP) is 1.71. The summed E-state index contributed by atoms with van der Waals surface area (Å²) in [6.07, 6.45) is -5.21. The Morgan fingerprint density at radius 1 is 1.29 bits per heavy atom. The van der Waals surface area contributed by atoms with Crippen LogP contribution in [0.25, 0.3) is 5.69 Å². The molecule has 0 fully saturated rings. The Balaban J connectivity index is 2.12. The van der Waals surface area contributed by atoms with Gasteiger partial charge in [-0.25, -0.2) is 9.48 Å². The number of carboxylic acids is 1. The molecule has 0 bridgehead atoms. The number of aryl methyl sites for hydroxylation is 1. The predicted molar refractivity (Wildman–Crippen MR) is 75.7 cm³/mol. The first kappa shape index (κ1) is 17.4. The smallest absolute Gasteiger partial charge is 0.391 e. The standard InChI is InChI=1S/C14H13F3N4O3/c1-8-2-4-9(5-3-8)21-7-11(19-20-21)12(22)18-10(13(23)24)6-14(15,16)17/h2-5,7,10H,6H2,1H3,(H,18,22)(H,23,24). The third-order valence-electron chi connectivity index (χ3n) is 3.06. The average molecular weight is 342 g/mol. The zero-order valence-corrected chi connectivity index (χ0v) is 12.4. The zero-order valence-electron chi connectivity index (χ0n) is 12.4. The van der Waals surface area contributed by atoms with Crippen LogP contribution in [0.3, 0.4) is 0 Å². The monoisotopic (exact) mass is 342 g/mol. The Kier molecular flexibility index (Phi) is 4.86. The normalized spacial score (nSPS) is 12.7. The number of aliphatic carboxylic acids is 1. The van der Waals surface area contributed by atoms with Crippen LogP contribution >= 0.6 is 0 Å². The molecule has 0 aliphatic carbocycles. The van der Waals surface area contributed by atoms with Crippen molar-refractivity contribution in [2.75, 3.05) is 0 Å². The highest BCUT2D eigenvalue weighted by Crippen LogP contribution is 2.21. The van der Waals surface area contributed by atoms with Crippen molar-refractivity contribution in [3.63, 3.8) is 0 Å². The number of hydrogen-bond donors (Lipinski definition) is 2. The number of carboxylic acid groups (broad SMARTS) is 1. The second-order valence-corrected chi connectivity index (χ2v) is 5.07. The molecule has 0 radical (unpaired) electrons. The molecule has 1 aromatic heterocycles. The van der Waals surface area contributed by atoms with E-state index in [0.717, 1.165) is 5.56 Å². The fourth-order valence-electron chi connectivity index (χ4n) is 1.86. The molecular formula is C14H13F3N4O3. The zero-order chi connectivity index (χ0) is 17.9. The Hall–Kier alpha value is -2.91. The number of halogens is 3. The van der Waals surface area contributed by atoms with E-state index < -0.39 is 30.5 Å². The number of benzene rings is 1. The van der Waals surface area contributed by atoms with E-state index in [1.807, 2.05) is 6.92 Å². The third-order valence-corrected chi connectivity index (χ3v) is 3.06. The van der Waals surface area contributed by atoms with E-state index in [2.05, 4.69) is 10.3 Å². The van der Waals surface area contributed by atoms with Crippen LogP contribution in [0.5, 0.6) is 0 Å². The lowest BCUT2D eigenvalue weighted by molar-refractivity contribution is -0.157. The highest BCUT2D eigenvalue weighted by Gasteiger charge is 2.36. The van der Waals surface area contributed by atoms with E-state index in [1.165, 1.54) is 10.9 Å². The SMILES string of the molecule is Cc1ccc(-n2cc(C(=O)NC(CC(F)(F)F)C(=O)O)nn2)cc1. The summed E-state index contributed by atoms with van der Waals surface area (Å²) in [5.41, 5.74) is 1.31. The van der Waals surface area contributed by atoms with Crippen molar-refractivity contribution in [2.45, 2.75) is 25.6 Å². The first-order valence-electron chi connectivity index (χ1n) is 6.75. The number of nitrogens with one attached hydrogen (secondary N) is 1. The number of alkyl halides is 3. The van der Waals surface area contributed by atoms with Crippen LogP contribution in [0.4, 0.5) is 13.2 Å². The molecule has 1 aromatic carbocycles. The number of rotatable bonds is 5. The molecule has 2 aromatic rings. The lowest BCUT2D eigenvalue weighted by Gasteiger charge is -2.15. The highest BCUT2D eigenvalue weighted by molar-refractivity contribution is 5.94. The van der Waals surface area contributed by atoms with E-state index in [1.54, 1.807) is 29.6 Å². The van der Waals surface area contributed by atoms with Crippen LogP contribution < -0.4 is 5.32 Å². The lowest BCUT2D eigenvalue weighted by atomic mass is 10.2. The van der Waals surface area contributed by atoms with Crippen molar-refractivity contribution in [3.8, 4) is 5.69 Å². The van der Waals surface area contributed by atoms with Gasteiger partial charge in [0.15, 0.2) is 5.69 Å². The summed E-state index contributed by atoms with van der Waals surface area (Å²) in [4.78, 5) is 22.7. The molecule has 1 heterocycles. The van der Waals surface area contributed by atoms with Crippen molar-refractivity contribution in [3.05, 3.63) is 41.7 Å². The van der Waals surface area contributed by atoms with Gasteiger partial charge in [0.1, 0.15) is 6.04 Å². The van der Waals surface area contributed by atoms with E-state index in [9.17, 15) is 22.8 Å². The van der Waals surface area contributed by atoms with Crippen molar-refractivity contribution < 1.29 is 27.9 Å².